The Labute approximate surface area is 169 Å². The number of nitro groups is 1. The number of nitro benzene ring substituents is 1. The SMILES string of the molecule is C[C@@H](Sc1nnc(-c2cccs2)o1)C(=O)Nc1ccc([N+](=O)[O-])cc1C(F)(F)F. The number of benzene rings is 1. The highest BCUT2D eigenvalue weighted by Gasteiger charge is 2.36. The molecule has 8 nitrogen and oxygen atoms in total. The van der Waals surface area contributed by atoms with Crippen molar-refractivity contribution in [3.63, 3.8) is 0 Å². The van der Waals surface area contributed by atoms with Gasteiger partial charge in [0.25, 0.3) is 16.8 Å². The fourth-order valence-electron chi connectivity index (χ4n) is 2.19. The average molecular weight is 444 g/mol. The van der Waals surface area contributed by atoms with Crippen molar-refractivity contribution in [2.45, 2.75) is 23.6 Å². The van der Waals surface area contributed by atoms with Crippen LogP contribution in [0, 0.1) is 10.1 Å². The molecule has 0 aliphatic heterocycles. The van der Waals surface area contributed by atoms with E-state index in [4.69, 9.17) is 4.42 Å². The molecule has 29 heavy (non-hydrogen) atoms. The fraction of sp³-hybridized carbons (Fsp3) is 0.188. The van der Waals surface area contributed by atoms with Crippen molar-refractivity contribution in [1.82, 2.24) is 10.2 Å². The minimum atomic E-state index is -4.88. The number of aromatic nitrogens is 2. The highest BCUT2D eigenvalue weighted by molar-refractivity contribution is 8.00. The van der Waals surface area contributed by atoms with Crippen LogP contribution >= 0.6 is 23.1 Å². The lowest BCUT2D eigenvalue weighted by Crippen LogP contribution is -2.24. The molecule has 0 spiro atoms. The van der Waals surface area contributed by atoms with E-state index < -0.39 is 39.2 Å². The highest BCUT2D eigenvalue weighted by Crippen LogP contribution is 2.37. The van der Waals surface area contributed by atoms with Gasteiger partial charge in [-0.15, -0.1) is 21.5 Å². The number of nitrogens with one attached hydrogen (secondary N) is 1. The maximum Gasteiger partial charge on any atom is 0.418 e. The molecule has 2 aromatic heterocycles. The third-order valence-corrected chi connectivity index (χ3v) is 5.35. The first-order valence-electron chi connectivity index (χ1n) is 7.85. The molecule has 1 aromatic carbocycles. The summed E-state index contributed by atoms with van der Waals surface area (Å²) >= 11 is 2.26. The minimum absolute atomic E-state index is 0.0794. The minimum Gasteiger partial charge on any atom is -0.410 e. The normalized spacial score (nSPS) is 12.6. The van der Waals surface area contributed by atoms with Gasteiger partial charge in [0.15, 0.2) is 0 Å². The van der Waals surface area contributed by atoms with Crippen molar-refractivity contribution in [2.75, 3.05) is 5.32 Å². The zero-order chi connectivity index (χ0) is 21.2. The molecule has 0 saturated heterocycles. The second-order valence-corrected chi connectivity index (χ2v) is 7.82. The molecule has 3 rings (SSSR count). The lowest BCUT2D eigenvalue weighted by Gasteiger charge is -2.15. The summed E-state index contributed by atoms with van der Waals surface area (Å²) in [6, 6.07) is 5.68. The number of alkyl halides is 3. The molecule has 0 aliphatic rings. The molecule has 13 heteroatoms. The predicted octanol–water partition coefficient (Wildman–Crippen LogP) is 4.84. The number of amides is 1. The first-order valence-corrected chi connectivity index (χ1v) is 9.61. The number of hydrogen-bond acceptors (Lipinski definition) is 8. The number of thioether (sulfide) groups is 1. The van der Waals surface area contributed by atoms with E-state index in [2.05, 4.69) is 15.5 Å². The van der Waals surface area contributed by atoms with Crippen LogP contribution < -0.4 is 5.32 Å². The van der Waals surface area contributed by atoms with Crippen LogP contribution in [0.2, 0.25) is 0 Å². The second-order valence-electron chi connectivity index (χ2n) is 5.58. The van der Waals surface area contributed by atoms with E-state index in [0.29, 0.717) is 6.07 Å². The molecule has 0 fully saturated rings. The van der Waals surface area contributed by atoms with Gasteiger partial charge in [0, 0.05) is 12.1 Å². The summed E-state index contributed by atoms with van der Waals surface area (Å²) in [5, 5.41) is 21.6. The first kappa shape index (κ1) is 20.8. The number of hydrogen-bond donors (Lipinski definition) is 1. The largest absolute Gasteiger partial charge is 0.418 e. The fourth-order valence-corrected chi connectivity index (χ4v) is 3.51. The van der Waals surface area contributed by atoms with Crippen molar-refractivity contribution < 1.29 is 27.3 Å². The Hall–Kier alpha value is -2.93. The highest BCUT2D eigenvalue weighted by atomic mass is 32.2. The molecule has 2 heterocycles. The molecule has 1 amide bonds. The Balaban J connectivity index is 1.73. The van der Waals surface area contributed by atoms with Gasteiger partial charge >= 0.3 is 6.18 Å². The summed E-state index contributed by atoms with van der Waals surface area (Å²) in [6.45, 7) is 1.45. The summed E-state index contributed by atoms with van der Waals surface area (Å²) in [6.07, 6.45) is -4.88. The Morgan fingerprint density at radius 1 is 1.34 bits per heavy atom. The van der Waals surface area contributed by atoms with E-state index in [0.717, 1.165) is 28.8 Å². The van der Waals surface area contributed by atoms with Gasteiger partial charge in [-0.25, -0.2) is 0 Å². The van der Waals surface area contributed by atoms with E-state index >= 15 is 0 Å². The van der Waals surface area contributed by atoms with Crippen LogP contribution in [0.1, 0.15) is 12.5 Å². The van der Waals surface area contributed by atoms with Crippen molar-refractivity contribution in [3.05, 3.63) is 51.4 Å². The Kier molecular flexibility index (Phi) is 5.88. The van der Waals surface area contributed by atoms with E-state index in [1.807, 2.05) is 5.38 Å². The number of halogens is 3. The predicted molar refractivity (Wildman–Crippen MR) is 99.7 cm³/mol. The number of carbonyl (C=O) groups is 1. The molecule has 152 valence electrons. The Morgan fingerprint density at radius 3 is 2.72 bits per heavy atom. The molecule has 0 bridgehead atoms. The molecule has 0 saturated carbocycles. The number of thiophene rings is 1. The lowest BCUT2D eigenvalue weighted by molar-refractivity contribution is -0.385. The Morgan fingerprint density at radius 2 is 2.10 bits per heavy atom. The van der Waals surface area contributed by atoms with Gasteiger partial charge < -0.3 is 9.73 Å². The van der Waals surface area contributed by atoms with Gasteiger partial charge in [0.2, 0.25) is 5.91 Å². The van der Waals surface area contributed by atoms with Gasteiger partial charge in [0.05, 0.1) is 26.3 Å². The molecule has 0 unspecified atom stereocenters. The van der Waals surface area contributed by atoms with Crippen LogP contribution in [0.15, 0.2) is 45.4 Å². The van der Waals surface area contributed by atoms with Crippen LogP contribution in [0.3, 0.4) is 0 Å². The number of nitrogens with zero attached hydrogens (tertiary/aromatic N) is 3. The molecule has 3 aromatic rings. The number of non-ortho nitro benzene ring substituents is 1. The third-order valence-electron chi connectivity index (χ3n) is 3.56. The number of carbonyl (C=O) groups excluding carboxylic acids is 1. The van der Waals surface area contributed by atoms with Crippen LogP contribution in [0.4, 0.5) is 24.5 Å². The van der Waals surface area contributed by atoms with Crippen LogP contribution in [0.25, 0.3) is 10.8 Å². The van der Waals surface area contributed by atoms with E-state index in [9.17, 15) is 28.1 Å². The van der Waals surface area contributed by atoms with E-state index in [1.165, 1.54) is 18.3 Å². The van der Waals surface area contributed by atoms with Crippen molar-refractivity contribution in [3.8, 4) is 10.8 Å². The maximum atomic E-state index is 13.2. The van der Waals surface area contributed by atoms with Crippen molar-refractivity contribution >= 4 is 40.4 Å². The summed E-state index contributed by atoms with van der Waals surface area (Å²) < 4.78 is 45.1. The molecular formula is C16H11F3N4O4S2. The van der Waals surface area contributed by atoms with Crippen molar-refractivity contribution in [1.29, 1.82) is 0 Å². The zero-order valence-corrected chi connectivity index (χ0v) is 16.1. The maximum absolute atomic E-state index is 13.2. The van der Waals surface area contributed by atoms with Gasteiger partial charge in [0.1, 0.15) is 0 Å². The third kappa shape index (κ3) is 4.92. The Bertz CT molecular complexity index is 1040. The van der Waals surface area contributed by atoms with Crippen LogP contribution in [0.5, 0.6) is 0 Å². The van der Waals surface area contributed by atoms with Crippen LogP contribution in [-0.2, 0) is 11.0 Å². The smallest absolute Gasteiger partial charge is 0.410 e. The molecule has 1 atom stereocenters. The summed E-state index contributed by atoms with van der Waals surface area (Å²) in [5.41, 5.74) is -2.62. The molecule has 0 radical (unpaired) electrons. The van der Waals surface area contributed by atoms with E-state index in [-0.39, 0.29) is 11.1 Å². The molecule has 1 N–H and O–H groups in total. The van der Waals surface area contributed by atoms with Gasteiger partial charge in [-0.3, -0.25) is 14.9 Å². The summed E-state index contributed by atoms with van der Waals surface area (Å²) in [5.74, 6) is -0.491. The molecule has 0 aliphatic carbocycles. The van der Waals surface area contributed by atoms with Gasteiger partial charge in [-0.2, -0.15) is 13.2 Å². The zero-order valence-electron chi connectivity index (χ0n) is 14.5. The lowest BCUT2D eigenvalue weighted by atomic mass is 10.1. The standard InChI is InChI=1S/C16H11F3N4O4S2/c1-8(29-15-22-21-14(27-15)12-3-2-6-28-12)13(24)20-11-5-4-9(23(25)26)7-10(11)16(17,18)19/h2-8H,1H3,(H,20,24)/t8-/m1/s1. The van der Waals surface area contributed by atoms with Gasteiger partial charge in [-0.05, 0) is 24.4 Å². The van der Waals surface area contributed by atoms with Crippen molar-refractivity contribution in [2.24, 2.45) is 0 Å². The quantitative estimate of drug-likeness (QED) is 0.329. The molecular weight excluding hydrogens is 433 g/mol. The topological polar surface area (TPSA) is 111 Å². The monoisotopic (exact) mass is 444 g/mol. The first-order chi connectivity index (χ1) is 13.6. The summed E-state index contributed by atoms with van der Waals surface area (Å²) in [4.78, 5) is 22.9. The number of rotatable bonds is 6. The van der Waals surface area contributed by atoms with E-state index in [1.54, 1.807) is 12.1 Å². The van der Waals surface area contributed by atoms with Gasteiger partial charge in [-0.1, -0.05) is 17.8 Å². The second kappa shape index (κ2) is 8.21. The van der Waals surface area contributed by atoms with Crippen LogP contribution in [-0.4, -0.2) is 26.3 Å². The average Bonchev–Trinajstić information content (AvgIpc) is 3.32. The summed E-state index contributed by atoms with van der Waals surface area (Å²) in [7, 11) is 0. The number of anilines is 1.